The van der Waals surface area contributed by atoms with Gasteiger partial charge in [-0.3, -0.25) is 0 Å². The highest BCUT2D eigenvalue weighted by Crippen LogP contribution is 2.23. The van der Waals surface area contributed by atoms with Crippen LogP contribution in [0.25, 0.3) is 10.9 Å². The monoisotopic (exact) mass is 220 g/mol. The summed E-state index contributed by atoms with van der Waals surface area (Å²) in [5, 5.41) is 10.3. The average molecular weight is 221 g/mol. The van der Waals surface area contributed by atoms with E-state index in [1.165, 1.54) is 5.56 Å². The van der Waals surface area contributed by atoms with Gasteiger partial charge in [-0.1, -0.05) is 25.4 Å². The van der Waals surface area contributed by atoms with Crippen molar-refractivity contribution in [3.05, 3.63) is 34.5 Å². The molecule has 2 nitrogen and oxygen atoms in total. The lowest BCUT2D eigenvalue weighted by Gasteiger charge is -2.07. The zero-order valence-electron chi connectivity index (χ0n) is 8.92. The predicted molar refractivity (Wildman–Crippen MR) is 63.3 cm³/mol. The molecule has 1 heterocycles. The second-order valence-corrected chi connectivity index (χ2v) is 3.93. The molecular weight excluding hydrogens is 208 g/mol. The first-order valence-corrected chi connectivity index (χ1v) is 5.57. The van der Waals surface area contributed by atoms with Crippen molar-refractivity contribution in [1.82, 2.24) is 10.2 Å². The molecule has 0 aliphatic rings. The minimum Gasteiger partial charge on any atom is -0.155 e. The Balaban J connectivity index is 2.79. The molecule has 0 unspecified atom stereocenters. The number of fused-ring (bicyclic) bond motifs is 1. The van der Waals surface area contributed by atoms with E-state index in [4.69, 9.17) is 11.6 Å². The van der Waals surface area contributed by atoms with Crippen molar-refractivity contribution in [3.63, 3.8) is 0 Å². The summed E-state index contributed by atoms with van der Waals surface area (Å²) in [6, 6.07) is 5.75. The summed E-state index contributed by atoms with van der Waals surface area (Å²) in [7, 11) is 0. The fraction of sp³-hybridized carbons (Fsp3) is 0.333. The zero-order valence-corrected chi connectivity index (χ0v) is 9.67. The van der Waals surface area contributed by atoms with Crippen LogP contribution in [-0.2, 0) is 12.8 Å². The first-order chi connectivity index (χ1) is 7.26. The lowest BCUT2D eigenvalue weighted by Crippen LogP contribution is -1.99. The van der Waals surface area contributed by atoms with Crippen LogP contribution in [0.3, 0.4) is 0 Å². The normalized spacial score (nSPS) is 10.9. The van der Waals surface area contributed by atoms with Gasteiger partial charge in [0.05, 0.1) is 11.2 Å². The van der Waals surface area contributed by atoms with Gasteiger partial charge < -0.3 is 0 Å². The van der Waals surface area contributed by atoms with Crippen molar-refractivity contribution in [2.24, 2.45) is 0 Å². The highest BCUT2D eigenvalue weighted by Gasteiger charge is 2.07. The number of rotatable bonds is 2. The molecule has 2 rings (SSSR count). The number of hydrogen-bond donors (Lipinski definition) is 0. The third-order valence-corrected chi connectivity index (χ3v) is 2.83. The van der Waals surface area contributed by atoms with Gasteiger partial charge in [-0.25, -0.2) is 0 Å². The van der Waals surface area contributed by atoms with Crippen LogP contribution in [0.15, 0.2) is 18.2 Å². The summed E-state index contributed by atoms with van der Waals surface area (Å²) in [5.74, 6) is 0. The van der Waals surface area contributed by atoms with Crippen molar-refractivity contribution in [3.8, 4) is 0 Å². The fourth-order valence-corrected chi connectivity index (χ4v) is 2.02. The Morgan fingerprint density at radius 3 is 2.60 bits per heavy atom. The topological polar surface area (TPSA) is 25.8 Å². The number of halogens is 1. The zero-order chi connectivity index (χ0) is 10.8. The van der Waals surface area contributed by atoms with Gasteiger partial charge in [0.25, 0.3) is 0 Å². The first-order valence-electron chi connectivity index (χ1n) is 5.20. The van der Waals surface area contributed by atoms with Crippen LogP contribution in [0, 0.1) is 0 Å². The summed E-state index contributed by atoms with van der Waals surface area (Å²) in [5.41, 5.74) is 3.27. The molecule has 0 N–H and O–H groups in total. The minimum atomic E-state index is 0.757. The summed E-state index contributed by atoms with van der Waals surface area (Å²) >= 11 is 5.99. The van der Waals surface area contributed by atoms with Crippen LogP contribution >= 0.6 is 11.6 Å². The van der Waals surface area contributed by atoms with Crippen molar-refractivity contribution < 1.29 is 0 Å². The number of nitrogens with zero attached hydrogens (tertiary/aromatic N) is 2. The van der Waals surface area contributed by atoms with Crippen LogP contribution in [0.4, 0.5) is 0 Å². The number of hydrogen-bond acceptors (Lipinski definition) is 2. The Morgan fingerprint density at radius 2 is 1.93 bits per heavy atom. The van der Waals surface area contributed by atoms with Crippen molar-refractivity contribution in [2.75, 3.05) is 0 Å². The highest BCUT2D eigenvalue weighted by atomic mass is 35.5. The number of benzene rings is 1. The molecule has 0 aliphatic heterocycles. The van der Waals surface area contributed by atoms with Crippen LogP contribution in [0.2, 0.25) is 5.02 Å². The van der Waals surface area contributed by atoms with E-state index in [1.54, 1.807) is 0 Å². The van der Waals surface area contributed by atoms with Crippen LogP contribution in [0.1, 0.15) is 25.1 Å². The van der Waals surface area contributed by atoms with E-state index >= 15 is 0 Å². The Hall–Kier alpha value is -1.15. The molecule has 0 atom stereocenters. The Kier molecular flexibility index (Phi) is 2.87. The molecule has 1 aromatic carbocycles. The maximum absolute atomic E-state index is 5.99. The van der Waals surface area contributed by atoms with Crippen molar-refractivity contribution >= 4 is 22.5 Å². The predicted octanol–water partition coefficient (Wildman–Crippen LogP) is 3.41. The van der Waals surface area contributed by atoms with Gasteiger partial charge in [-0.2, -0.15) is 10.2 Å². The molecule has 0 radical (unpaired) electrons. The quantitative estimate of drug-likeness (QED) is 0.775. The summed E-state index contributed by atoms with van der Waals surface area (Å²) < 4.78 is 0. The Labute approximate surface area is 94.3 Å². The van der Waals surface area contributed by atoms with E-state index in [-0.39, 0.29) is 0 Å². The molecule has 0 saturated heterocycles. The van der Waals surface area contributed by atoms with Crippen molar-refractivity contribution in [1.29, 1.82) is 0 Å². The summed E-state index contributed by atoms with van der Waals surface area (Å²) in [4.78, 5) is 0. The van der Waals surface area contributed by atoms with Gasteiger partial charge in [0.1, 0.15) is 0 Å². The van der Waals surface area contributed by atoms with Crippen molar-refractivity contribution in [2.45, 2.75) is 26.7 Å². The maximum Gasteiger partial charge on any atom is 0.0933 e. The van der Waals surface area contributed by atoms with Crippen LogP contribution in [0.5, 0.6) is 0 Å². The van der Waals surface area contributed by atoms with Gasteiger partial charge in [-0.05, 0) is 36.6 Å². The van der Waals surface area contributed by atoms with Gasteiger partial charge in [0.15, 0.2) is 0 Å². The summed E-state index contributed by atoms with van der Waals surface area (Å²) in [6.45, 7) is 4.23. The SMILES string of the molecule is CCc1nnc2ccc(Cl)cc2c1CC. The van der Waals surface area contributed by atoms with E-state index in [0.717, 1.165) is 34.5 Å². The number of aryl methyl sites for hydroxylation is 2. The Bertz CT molecular complexity index is 494. The van der Waals surface area contributed by atoms with Gasteiger partial charge >= 0.3 is 0 Å². The lowest BCUT2D eigenvalue weighted by molar-refractivity contribution is 0.905. The molecule has 15 heavy (non-hydrogen) atoms. The van der Waals surface area contributed by atoms with Gasteiger partial charge in [0, 0.05) is 10.4 Å². The highest BCUT2D eigenvalue weighted by molar-refractivity contribution is 6.31. The van der Waals surface area contributed by atoms with Crippen LogP contribution < -0.4 is 0 Å². The van der Waals surface area contributed by atoms with E-state index in [2.05, 4.69) is 24.0 Å². The molecular formula is C12H13ClN2. The second-order valence-electron chi connectivity index (χ2n) is 3.49. The van der Waals surface area contributed by atoms with E-state index in [9.17, 15) is 0 Å². The molecule has 0 fully saturated rings. The Morgan fingerprint density at radius 1 is 1.13 bits per heavy atom. The van der Waals surface area contributed by atoms with Crippen LogP contribution in [-0.4, -0.2) is 10.2 Å². The molecule has 3 heteroatoms. The maximum atomic E-state index is 5.99. The molecule has 1 aromatic heterocycles. The number of aromatic nitrogens is 2. The third kappa shape index (κ3) is 1.82. The first kappa shape index (κ1) is 10.4. The molecule has 0 saturated carbocycles. The minimum absolute atomic E-state index is 0.757. The second kappa shape index (κ2) is 4.15. The van der Waals surface area contributed by atoms with Gasteiger partial charge in [0.2, 0.25) is 0 Å². The molecule has 0 spiro atoms. The fourth-order valence-electron chi connectivity index (χ4n) is 1.85. The largest absolute Gasteiger partial charge is 0.155 e. The van der Waals surface area contributed by atoms with Gasteiger partial charge in [-0.15, -0.1) is 0 Å². The molecule has 0 bridgehead atoms. The van der Waals surface area contributed by atoms with E-state index in [0.29, 0.717) is 0 Å². The standard InChI is InChI=1S/C12H13ClN2/c1-3-9-10-7-8(13)5-6-12(10)15-14-11(9)4-2/h5-7H,3-4H2,1-2H3. The van der Waals surface area contributed by atoms with E-state index in [1.807, 2.05) is 18.2 Å². The summed E-state index contributed by atoms with van der Waals surface area (Å²) in [6.07, 6.45) is 1.88. The lowest BCUT2D eigenvalue weighted by atomic mass is 10.0. The average Bonchev–Trinajstić information content (AvgIpc) is 2.27. The molecule has 2 aromatic rings. The third-order valence-electron chi connectivity index (χ3n) is 2.60. The molecule has 0 aliphatic carbocycles. The smallest absolute Gasteiger partial charge is 0.0933 e. The molecule has 78 valence electrons. The van der Waals surface area contributed by atoms with E-state index < -0.39 is 0 Å². The molecule has 0 amide bonds.